The number of rotatable bonds is 37. The molecule has 0 aliphatic carbocycles. The molecule has 0 saturated heterocycles. The molecule has 260 valence electrons. The molecule has 0 N–H and O–H groups in total. The minimum Gasteiger partial charge on any atom is -0.298 e. The molecule has 0 aliphatic heterocycles. The second-order valence-corrected chi connectivity index (χ2v) is 15.2. The van der Waals surface area contributed by atoms with Gasteiger partial charge in [-0.2, -0.15) is 0 Å². The Hall–Kier alpha value is -0.0400. The molecular formula is C42H87N. The van der Waals surface area contributed by atoms with E-state index in [4.69, 9.17) is 0 Å². The van der Waals surface area contributed by atoms with Crippen LogP contribution in [0.4, 0.5) is 0 Å². The molecule has 0 aromatic carbocycles. The molecule has 0 bridgehead atoms. The maximum Gasteiger partial charge on any atom is 0.0153 e. The van der Waals surface area contributed by atoms with E-state index in [1.807, 2.05) is 0 Å². The zero-order valence-electron chi connectivity index (χ0n) is 31.4. The Kier molecular flexibility index (Phi) is 34.8. The van der Waals surface area contributed by atoms with Gasteiger partial charge in [0.2, 0.25) is 0 Å². The molecule has 0 radical (unpaired) electrons. The molecule has 0 aromatic rings. The van der Waals surface area contributed by atoms with Crippen molar-refractivity contribution >= 4 is 0 Å². The third kappa shape index (κ3) is 31.7. The Bertz CT molecular complexity index is 473. The summed E-state index contributed by atoms with van der Waals surface area (Å²) in [4.78, 5) is 2.92. The van der Waals surface area contributed by atoms with Gasteiger partial charge < -0.3 is 0 Å². The summed E-state index contributed by atoms with van der Waals surface area (Å²) >= 11 is 0. The largest absolute Gasteiger partial charge is 0.298 e. The van der Waals surface area contributed by atoms with E-state index in [2.05, 4.69) is 39.5 Å². The summed E-state index contributed by atoms with van der Waals surface area (Å²) < 4.78 is 0. The molecule has 1 heteroatoms. The van der Waals surface area contributed by atoms with Gasteiger partial charge in [-0.25, -0.2) is 0 Å². The van der Waals surface area contributed by atoms with E-state index in [-0.39, 0.29) is 0 Å². The second-order valence-electron chi connectivity index (χ2n) is 15.2. The normalized spacial score (nSPS) is 12.1. The maximum absolute atomic E-state index is 2.92. The summed E-state index contributed by atoms with van der Waals surface area (Å²) in [5.74, 6) is 0. The van der Waals surface area contributed by atoms with Crippen molar-refractivity contribution in [2.45, 2.75) is 258 Å². The van der Waals surface area contributed by atoms with Gasteiger partial charge in [0.1, 0.15) is 0 Å². The number of unbranched alkanes of at least 4 members (excludes halogenated alkanes) is 30. The van der Waals surface area contributed by atoms with Gasteiger partial charge in [-0.3, -0.25) is 4.90 Å². The van der Waals surface area contributed by atoms with Crippen LogP contribution in [0.15, 0.2) is 0 Å². The molecule has 43 heavy (non-hydrogen) atoms. The summed E-state index contributed by atoms with van der Waals surface area (Å²) in [5.41, 5.74) is 0.371. The number of hydrogen-bond acceptors (Lipinski definition) is 1. The van der Waals surface area contributed by atoms with E-state index >= 15 is 0 Å². The van der Waals surface area contributed by atoms with Crippen molar-refractivity contribution in [1.29, 1.82) is 0 Å². The number of hydrogen-bond donors (Lipinski definition) is 0. The molecule has 0 amide bonds. The lowest BCUT2D eigenvalue weighted by atomic mass is 9.92. The Morgan fingerprint density at radius 1 is 0.279 bits per heavy atom. The lowest BCUT2D eigenvalue weighted by Gasteiger charge is -2.39. The van der Waals surface area contributed by atoms with Gasteiger partial charge in [0.05, 0.1) is 0 Å². The fraction of sp³-hybridized carbons (Fsp3) is 1.00. The van der Waals surface area contributed by atoms with E-state index < -0.39 is 0 Å². The van der Waals surface area contributed by atoms with Gasteiger partial charge in [-0.05, 0) is 46.2 Å². The Morgan fingerprint density at radius 3 is 0.744 bits per heavy atom. The predicted octanol–water partition coefficient (Wildman–Crippen LogP) is 15.4. The van der Waals surface area contributed by atoms with Crippen LogP contribution in [0, 0.1) is 0 Å². The Balaban J connectivity index is 4.19. The maximum atomic E-state index is 2.92. The molecule has 0 aliphatic rings. The monoisotopic (exact) mass is 606 g/mol. The first kappa shape index (κ1) is 43.0. The standard InChI is InChI=1S/C42H87N/c1-6-9-12-15-18-21-24-25-26-27-30-33-36-39-42(4,5)43(40-37-34-31-28-22-19-16-13-10-7-2)41-38-35-32-29-23-20-17-14-11-8-3/h6-41H2,1-5H3. The van der Waals surface area contributed by atoms with Crippen molar-refractivity contribution in [1.82, 2.24) is 4.90 Å². The number of nitrogens with zero attached hydrogens (tertiary/aromatic N) is 1. The van der Waals surface area contributed by atoms with E-state index in [1.165, 1.54) is 231 Å². The quantitative estimate of drug-likeness (QED) is 0.0637. The highest BCUT2D eigenvalue weighted by atomic mass is 15.2. The third-order valence-electron chi connectivity index (χ3n) is 10.3. The summed E-state index contributed by atoms with van der Waals surface area (Å²) in [6.45, 7) is 14.8. The highest BCUT2D eigenvalue weighted by Gasteiger charge is 2.25. The lowest BCUT2D eigenvalue weighted by molar-refractivity contribution is 0.102. The first-order valence-corrected chi connectivity index (χ1v) is 20.8. The van der Waals surface area contributed by atoms with E-state index in [9.17, 15) is 0 Å². The molecular weight excluding hydrogens is 518 g/mol. The van der Waals surface area contributed by atoms with Gasteiger partial charge in [0.15, 0.2) is 0 Å². The fourth-order valence-electron chi connectivity index (χ4n) is 7.03. The van der Waals surface area contributed by atoms with Crippen LogP contribution in [-0.2, 0) is 0 Å². The SMILES string of the molecule is CCCCCCCCCCCCCCCC(C)(C)N(CCCCCCCCCCCC)CCCCCCCCCCCC. The van der Waals surface area contributed by atoms with Crippen molar-refractivity contribution in [2.75, 3.05) is 13.1 Å². The predicted molar refractivity (Wildman–Crippen MR) is 200 cm³/mol. The first-order valence-electron chi connectivity index (χ1n) is 20.8. The molecule has 0 saturated carbocycles. The zero-order valence-corrected chi connectivity index (χ0v) is 31.4. The van der Waals surface area contributed by atoms with Gasteiger partial charge in [-0.1, -0.05) is 220 Å². The summed E-state index contributed by atoms with van der Waals surface area (Å²) in [6.07, 6.45) is 49.2. The smallest absolute Gasteiger partial charge is 0.0153 e. The van der Waals surface area contributed by atoms with E-state index in [1.54, 1.807) is 0 Å². The van der Waals surface area contributed by atoms with Gasteiger partial charge >= 0.3 is 0 Å². The van der Waals surface area contributed by atoms with Crippen molar-refractivity contribution < 1.29 is 0 Å². The molecule has 1 nitrogen and oxygen atoms in total. The van der Waals surface area contributed by atoms with Crippen molar-refractivity contribution in [3.05, 3.63) is 0 Å². The first-order chi connectivity index (χ1) is 21.1. The Morgan fingerprint density at radius 2 is 0.488 bits per heavy atom. The average molecular weight is 606 g/mol. The van der Waals surface area contributed by atoms with Crippen molar-refractivity contribution in [2.24, 2.45) is 0 Å². The molecule has 0 aromatic heterocycles. The molecule has 0 spiro atoms. The summed E-state index contributed by atoms with van der Waals surface area (Å²) in [7, 11) is 0. The van der Waals surface area contributed by atoms with Crippen molar-refractivity contribution in [3.8, 4) is 0 Å². The van der Waals surface area contributed by atoms with Crippen LogP contribution >= 0.6 is 0 Å². The van der Waals surface area contributed by atoms with Gasteiger partial charge in [0.25, 0.3) is 0 Å². The van der Waals surface area contributed by atoms with Gasteiger partial charge in [0, 0.05) is 5.54 Å². The van der Waals surface area contributed by atoms with Crippen LogP contribution in [0.1, 0.15) is 253 Å². The van der Waals surface area contributed by atoms with Crippen LogP contribution in [-0.4, -0.2) is 23.5 Å². The summed E-state index contributed by atoms with van der Waals surface area (Å²) in [5, 5.41) is 0. The van der Waals surface area contributed by atoms with Crippen LogP contribution in [0.5, 0.6) is 0 Å². The average Bonchev–Trinajstić information content (AvgIpc) is 3.00. The third-order valence-corrected chi connectivity index (χ3v) is 10.3. The molecule has 0 heterocycles. The highest BCUT2D eigenvalue weighted by Crippen LogP contribution is 2.25. The van der Waals surface area contributed by atoms with Crippen LogP contribution < -0.4 is 0 Å². The van der Waals surface area contributed by atoms with E-state index in [0.717, 1.165) is 0 Å². The van der Waals surface area contributed by atoms with Crippen LogP contribution in [0.3, 0.4) is 0 Å². The highest BCUT2D eigenvalue weighted by molar-refractivity contribution is 4.81. The summed E-state index contributed by atoms with van der Waals surface area (Å²) in [6, 6.07) is 0. The van der Waals surface area contributed by atoms with E-state index in [0.29, 0.717) is 5.54 Å². The molecule has 0 unspecified atom stereocenters. The fourth-order valence-corrected chi connectivity index (χ4v) is 7.03. The zero-order chi connectivity index (χ0) is 31.5. The topological polar surface area (TPSA) is 3.24 Å². The molecule has 0 atom stereocenters. The second kappa shape index (κ2) is 34.8. The van der Waals surface area contributed by atoms with Crippen LogP contribution in [0.25, 0.3) is 0 Å². The minimum atomic E-state index is 0.371. The molecule has 0 rings (SSSR count). The van der Waals surface area contributed by atoms with Crippen LogP contribution in [0.2, 0.25) is 0 Å². The Labute approximate surface area is 275 Å². The van der Waals surface area contributed by atoms with Crippen molar-refractivity contribution in [3.63, 3.8) is 0 Å². The lowest BCUT2D eigenvalue weighted by Crippen LogP contribution is -2.45. The van der Waals surface area contributed by atoms with Gasteiger partial charge in [-0.15, -0.1) is 0 Å². The molecule has 0 fully saturated rings. The minimum absolute atomic E-state index is 0.371.